The highest BCUT2D eigenvalue weighted by molar-refractivity contribution is 7.75. The third-order valence-corrected chi connectivity index (χ3v) is 20.8. The fraction of sp³-hybridized carbons (Fsp3) is 1.00. The largest absolute Gasteiger partial charge is 0.0654 e. The second-order valence-corrected chi connectivity index (χ2v) is 26.7. The summed E-state index contributed by atoms with van der Waals surface area (Å²) >= 11 is 0. The van der Waals surface area contributed by atoms with Crippen molar-refractivity contribution in [3.63, 3.8) is 0 Å². The molecule has 1 heteroatoms. The lowest BCUT2D eigenvalue weighted by molar-refractivity contribution is 0.536. The van der Waals surface area contributed by atoms with Crippen molar-refractivity contribution in [3.05, 3.63) is 0 Å². The van der Waals surface area contributed by atoms with Crippen LogP contribution >= 0.6 is 7.26 Å². The number of unbranched alkanes of at least 4 members (excludes halogenated alkanes) is 51. The Hall–Kier alpha value is 0.430. The van der Waals surface area contributed by atoms with Crippen molar-refractivity contribution >= 4 is 7.26 Å². The maximum atomic E-state index is 2.34. The van der Waals surface area contributed by atoms with Crippen LogP contribution in [0.25, 0.3) is 0 Å². The molecule has 0 saturated carbocycles. The zero-order valence-electron chi connectivity index (χ0n) is 46.2. The standard InChI is InChI=1S/C63H130P/c1-5-9-13-17-21-25-29-33-37-41-45-49-53-57-61-64(60-56-52-48-44-40-36-32-28-24-20-16-12-8-4,62-58-54-50-46-42-38-34-30-26-22-18-14-10-6-2)63-59-55-51-47-43-39-35-31-27-23-19-15-11-7-3/h5-63H2,1-4H3/q+1. The molecule has 0 bridgehead atoms. The van der Waals surface area contributed by atoms with Gasteiger partial charge in [-0.3, -0.25) is 0 Å². The molecule has 0 rings (SSSR count). The lowest BCUT2D eigenvalue weighted by Gasteiger charge is -2.28. The Morgan fingerprint density at radius 3 is 0.328 bits per heavy atom. The first-order chi connectivity index (χ1) is 31.7. The Bertz CT molecular complexity index is 710. The van der Waals surface area contributed by atoms with Crippen LogP contribution in [0.4, 0.5) is 0 Å². The van der Waals surface area contributed by atoms with Crippen LogP contribution in [0.1, 0.15) is 381 Å². The lowest BCUT2D eigenvalue weighted by atomic mass is 10.0. The van der Waals surface area contributed by atoms with Gasteiger partial charge in [-0.05, 0) is 51.4 Å². The summed E-state index contributed by atoms with van der Waals surface area (Å²) < 4.78 is 0. The van der Waals surface area contributed by atoms with Gasteiger partial charge in [0.05, 0.1) is 24.6 Å². The first-order valence-corrected chi connectivity index (χ1v) is 34.1. The van der Waals surface area contributed by atoms with E-state index in [-0.39, 0.29) is 0 Å². The molecule has 0 unspecified atom stereocenters. The first-order valence-electron chi connectivity index (χ1n) is 31.6. The zero-order chi connectivity index (χ0) is 46.2. The molecular formula is C63H130P+. The van der Waals surface area contributed by atoms with E-state index in [2.05, 4.69) is 27.7 Å². The van der Waals surface area contributed by atoms with E-state index < -0.39 is 7.26 Å². The van der Waals surface area contributed by atoms with E-state index in [0.29, 0.717) is 0 Å². The van der Waals surface area contributed by atoms with Gasteiger partial charge in [0.1, 0.15) is 0 Å². The molecule has 0 spiro atoms. The van der Waals surface area contributed by atoms with Crippen LogP contribution in [0.5, 0.6) is 0 Å². The molecule has 0 heterocycles. The fourth-order valence-electron chi connectivity index (χ4n) is 11.1. The molecular weight excluding hydrogens is 788 g/mol. The van der Waals surface area contributed by atoms with Gasteiger partial charge in [-0.15, -0.1) is 0 Å². The maximum absolute atomic E-state index is 2.34. The molecule has 386 valence electrons. The second-order valence-electron chi connectivity index (χ2n) is 22.3. The predicted molar refractivity (Wildman–Crippen MR) is 303 cm³/mol. The molecule has 0 aromatic rings. The smallest absolute Gasteiger partial charge is 0.0594 e. The molecule has 0 aliphatic carbocycles. The third-order valence-electron chi connectivity index (χ3n) is 15.7. The molecule has 0 saturated heterocycles. The minimum atomic E-state index is -0.832. The summed E-state index contributed by atoms with van der Waals surface area (Å²) in [5.74, 6) is 0. The van der Waals surface area contributed by atoms with Gasteiger partial charge in [-0.25, -0.2) is 0 Å². The summed E-state index contributed by atoms with van der Waals surface area (Å²) in [6.07, 6.45) is 88.8. The minimum absolute atomic E-state index is 0.832. The zero-order valence-corrected chi connectivity index (χ0v) is 47.1. The van der Waals surface area contributed by atoms with Crippen LogP contribution in [-0.4, -0.2) is 24.6 Å². The van der Waals surface area contributed by atoms with Crippen LogP contribution in [-0.2, 0) is 0 Å². The summed E-state index contributed by atoms with van der Waals surface area (Å²) in [5, 5.41) is 0. The maximum Gasteiger partial charge on any atom is 0.0594 e. The Kier molecular flexibility index (Phi) is 58.1. The van der Waals surface area contributed by atoms with Gasteiger partial charge in [0.25, 0.3) is 0 Å². The highest BCUT2D eigenvalue weighted by Gasteiger charge is 2.35. The van der Waals surface area contributed by atoms with Crippen LogP contribution < -0.4 is 0 Å². The predicted octanol–water partition coefficient (Wildman–Crippen LogP) is 24.5. The molecule has 64 heavy (non-hydrogen) atoms. The SMILES string of the molecule is CCCCCCCCCCCCCCCC[P+](CCCCCCCCCCCCCCC)(CCCCCCCCCCCCCCCC)CCCCCCCCCCCCCCCC. The van der Waals surface area contributed by atoms with Crippen molar-refractivity contribution in [3.8, 4) is 0 Å². The summed E-state index contributed by atoms with van der Waals surface area (Å²) in [6, 6.07) is 0. The minimum Gasteiger partial charge on any atom is -0.0654 e. The Labute approximate surface area is 410 Å². The number of hydrogen-bond acceptors (Lipinski definition) is 0. The Balaban J connectivity index is 4.93. The summed E-state index contributed by atoms with van der Waals surface area (Å²) in [6.45, 7) is 9.34. The van der Waals surface area contributed by atoms with Gasteiger partial charge < -0.3 is 0 Å². The van der Waals surface area contributed by atoms with Crippen molar-refractivity contribution in [2.45, 2.75) is 381 Å². The monoisotopic (exact) mass is 918 g/mol. The van der Waals surface area contributed by atoms with E-state index in [1.165, 1.54) is 327 Å². The van der Waals surface area contributed by atoms with Gasteiger partial charge in [0.2, 0.25) is 0 Å². The summed E-state index contributed by atoms with van der Waals surface area (Å²) in [7, 11) is -0.832. The highest BCUT2D eigenvalue weighted by atomic mass is 31.2. The van der Waals surface area contributed by atoms with E-state index in [0.717, 1.165) is 0 Å². The van der Waals surface area contributed by atoms with Crippen molar-refractivity contribution in [1.82, 2.24) is 0 Å². The average molecular weight is 919 g/mol. The Morgan fingerprint density at radius 2 is 0.219 bits per heavy atom. The molecule has 0 aliphatic rings. The van der Waals surface area contributed by atoms with Gasteiger partial charge in [-0.1, -0.05) is 329 Å². The van der Waals surface area contributed by atoms with Gasteiger partial charge in [-0.2, -0.15) is 0 Å². The third kappa shape index (κ3) is 51.8. The number of rotatable bonds is 59. The molecule has 0 atom stereocenters. The van der Waals surface area contributed by atoms with Gasteiger partial charge >= 0.3 is 0 Å². The van der Waals surface area contributed by atoms with E-state index >= 15 is 0 Å². The van der Waals surface area contributed by atoms with Crippen molar-refractivity contribution < 1.29 is 0 Å². The second kappa shape index (κ2) is 57.7. The van der Waals surface area contributed by atoms with Crippen molar-refractivity contribution in [2.24, 2.45) is 0 Å². The summed E-state index contributed by atoms with van der Waals surface area (Å²) in [4.78, 5) is 0. The van der Waals surface area contributed by atoms with Crippen LogP contribution in [0, 0.1) is 0 Å². The van der Waals surface area contributed by atoms with E-state index in [1.54, 1.807) is 50.3 Å². The molecule has 0 nitrogen and oxygen atoms in total. The first kappa shape index (κ1) is 64.4. The lowest BCUT2D eigenvalue weighted by Crippen LogP contribution is -2.13. The molecule has 0 N–H and O–H groups in total. The van der Waals surface area contributed by atoms with Gasteiger partial charge in [0, 0.05) is 7.26 Å². The molecule has 0 aromatic carbocycles. The van der Waals surface area contributed by atoms with Crippen molar-refractivity contribution in [2.75, 3.05) is 24.6 Å². The molecule has 0 aliphatic heterocycles. The number of hydrogen-bond donors (Lipinski definition) is 0. The molecule has 0 radical (unpaired) electrons. The van der Waals surface area contributed by atoms with E-state index in [1.807, 2.05) is 0 Å². The Morgan fingerprint density at radius 1 is 0.125 bits per heavy atom. The van der Waals surface area contributed by atoms with Crippen LogP contribution in [0.3, 0.4) is 0 Å². The molecule has 0 fully saturated rings. The van der Waals surface area contributed by atoms with Crippen molar-refractivity contribution in [1.29, 1.82) is 0 Å². The van der Waals surface area contributed by atoms with E-state index in [4.69, 9.17) is 0 Å². The van der Waals surface area contributed by atoms with Gasteiger partial charge in [0.15, 0.2) is 0 Å². The highest BCUT2D eigenvalue weighted by Crippen LogP contribution is 2.61. The van der Waals surface area contributed by atoms with Crippen LogP contribution in [0.15, 0.2) is 0 Å². The quantitative estimate of drug-likeness (QED) is 0.0421. The fourth-order valence-corrected chi connectivity index (χ4v) is 16.0. The molecule has 0 amide bonds. The molecule has 0 aromatic heterocycles. The van der Waals surface area contributed by atoms with E-state index in [9.17, 15) is 0 Å². The normalized spacial score (nSPS) is 12.0. The summed E-state index contributed by atoms with van der Waals surface area (Å²) in [5.41, 5.74) is 0. The van der Waals surface area contributed by atoms with Crippen LogP contribution in [0.2, 0.25) is 0 Å². The topological polar surface area (TPSA) is 0 Å². The average Bonchev–Trinajstić information content (AvgIpc) is 3.30.